The summed E-state index contributed by atoms with van der Waals surface area (Å²) in [5, 5.41) is 8.77. The normalized spacial score (nSPS) is 10.0. The van der Waals surface area contributed by atoms with Crippen LogP contribution in [-0.2, 0) is 6.54 Å². The van der Waals surface area contributed by atoms with Crippen LogP contribution in [0.1, 0.15) is 35.0 Å². The van der Waals surface area contributed by atoms with Crippen molar-refractivity contribution in [2.24, 2.45) is 0 Å². The van der Waals surface area contributed by atoms with Gasteiger partial charge in [-0.3, -0.25) is 4.79 Å². The molecule has 2 aromatic heterocycles. The minimum Gasteiger partial charge on any atom is -0.349 e. The van der Waals surface area contributed by atoms with Gasteiger partial charge < -0.3 is 4.57 Å². The van der Waals surface area contributed by atoms with Crippen molar-refractivity contribution in [2.75, 3.05) is 0 Å². The van der Waals surface area contributed by atoms with Crippen LogP contribution in [0.2, 0.25) is 0 Å². The van der Waals surface area contributed by atoms with Crippen LogP contribution in [-0.4, -0.2) is 15.3 Å². The second kappa shape index (κ2) is 5.28. The van der Waals surface area contributed by atoms with Crippen molar-refractivity contribution in [1.29, 1.82) is 5.26 Å². The first-order valence-corrected chi connectivity index (χ1v) is 5.77. The number of pyridine rings is 1. The zero-order chi connectivity index (χ0) is 13.0. The molecule has 0 aliphatic heterocycles. The second-order valence-electron chi connectivity index (χ2n) is 4.01. The predicted octanol–water partition coefficient (Wildman–Crippen LogP) is 2.40. The fourth-order valence-electron chi connectivity index (χ4n) is 1.75. The van der Waals surface area contributed by atoms with Crippen LogP contribution in [0, 0.1) is 11.3 Å². The molecule has 0 amide bonds. The maximum absolute atomic E-state index is 11.5. The average molecular weight is 239 g/mol. The Kier molecular flexibility index (Phi) is 3.54. The van der Waals surface area contributed by atoms with Gasteiger partial charge >= 0.3 is 0 Å². The van der Waals surface area contributed by atoms with Crippen LogP contribution in [0.4, 0.5) is 0 Å². The van der Waals surface area contributed by atoms with Crippen molar-refractivity contribution in [3.05, 3.63) is 53.6 Å². The van der Waals surface area contributed by atoms with Crippen LogP contribution in [0.3, 0.4) is 0 Å². The van der Waals surface area contributed by atoms with Gasteiger partial charge in [0.15, 0.2) is 5.78 Å². The van der Waals surface area contributed by atoms with Crippen molar-refractivity contribution in [1.82, 2.24) is 9.55 Å². The van der Waals surface area contributed by atoms with E-state index in [1.54, 1.807) is 12.3 Å². The smallest absolute Gasteiger partial charge is 0.164 e. The Hall–Kier alpha value is -2.41. The lowest BCUT2D eigenvalue weighted by molar-refractivity contribution is 0.0988. The van der Waals surface area contributed by atoms with Crippen molar-refractivity contribution >= 4 is 5.78 Å². The van der Waals surface area contributed by atoms with Crippen LogP contribution in [0.25, 0.3) is 0 Å². The number of carbonyl (C=O) groups is 1. The summed E-state index contributed by atoms with van der Waals surface area (Å²) in [6.07, 6.45) is 5.83. The van der Waals surface area contributed by atoms with E-state index in [1.165, 1.54) is 0 Å². The van der Waals surface area contributed by atoms with Crippen molar-refractivity contribution in [3.63, 3.8) is 0 Å². The maximum atomic E-state index is 11.5. The van der Waals surface area contributed by atoms with Crippen LogP contribution in [0.5, 0.6) is 0 Å². The third-order valence-corrected chi connectivity index (χ3v) is 2.70. The minimum atomic E-state index is 0.140. The molecule has 0 aromatic carbocycles. The molecule has 2 rings (SSSR count). The Bertz CT molecular complexity index is 607. The summed E-state index contributed by atoms with van der Waals surface area (Å²) >= 11 is 0. The number of nitriles is 1. The molecule has 0 saturated heterocycles. The van der Waals surface area contributed by atoms with Gasteiger partial charge in [0.1, 0.15) is 11.8 Å². The highest BCUT2D eigenvalue weighted by Gasteiger charge is 2.05. The summed E-state index contributed by atoms with van der Waals surface area (Å²) < 4.78 is 1.93. The number of hydrogen-bond donors (Lipinski definition) is 0. The van der Waals surface area contributed by atoms with E-state index in [1.807, 2.05) is 42.1 Å². The number of nitrogens with zero attached hydrogens (tertiary/aromatic N) is 3. The van der Waals surface area contributed by atoms with E-state index in [9.17, 15) is 4.79 Å². The summed E-state index contributed by atoms with van der Waals surface area (Å²) in [5.41, 5.74) is 2.13. The number of aromatic nitrogens is 2. The molecule has 0 unspecified atom stereocenters. The summed E-state index contributed by atoms with van der Waals surface area (Å²) in [6, 6.07) is 7.44. The molecule has 0 radical (unpaired) electrons. The summed E-state index contributed by atoms with van der Waals surface area (Å²) in [4.78, 5) is 15.4. The Morgan fingerprint density at radius 1 is 1.50 bits per heavy atom. The van der Waals surface area contributed by atoms with Gasteiger partial charge in [-0.25, -0.2) is 4.98 Å². The molecule has 90 valence electrons. The van der Waals surface area contributed by atoms with Crippen LogP contribution >= 0.6 is 0 Å². The Morgan fingerprint density at radius 3 is 3.06 bits per heavy atom. The number of rotatable bonds is 4. The fraction of sp³-hybridized carbons (Fsp3) is 0.214. The fourth-order valence-corrected chi connectivity index (χ4v) is 1.75. The molecule has 0 spiro atoms. The number of carbonyl (C=O) groups excluding carboxylic acids is 1. The van der Waals surface area contributed by atoms with E-state index in [-0.39, 0.29) is 5.78 Å². The highest BCUT2D eigenvalue weighted by Crippen LogP contribution is 2.08. The molecule has 0 N–H and O–H groups in total. The Labute approximate surface area is 106 Å². The lowest BCUT2D eigenvalue weighted by atomic mass is 10.2. The number of Topliss-reactive ketones (excluding diaryl/α,β-unsaturated/α-hetero) is 1. The maximum Gasteiger partial charge on any atom is 0.164 e. The van der Waals surface area contributed by atoms with E-state index in [0.29, 0.717) is 18.7 Å². The van der Waals surface area contributed by atoms with E-state index >= 15 is 0 Å². The first-order valence-electron chi connectivity index (χ1n) is 5.77. The van der Waals surface area contributed by atoms with Crippen LogP contribution < -0.4 is 0 Å². The monoisotopic (exact) mass is 239 g/mol. The van der Waals surface area contributed by atoms with Gasteiger partial charge in [0.05, 0.1) is 0 Å². The molecule has 0 atom stereocenters. The van der Waals surface area contributed by atoms with Gasteiger partial charge in [-0.05, 0) is 23.8 Å². The molecule has 0 aliphatic carbocycles. The summed E-state index contributed by atoms with van der Waals surface area (Å²) in [7, 11) is 0. The third kappa shape index (κ3) is 2.64. The van der Waals surface area contributed by atoms with Gasteiger partial charge in [0.2, 0.25) is 0 Å². The van der Waals surface area contributed by atoms with E-state index in [4.69, 9.17) is 5.26 Å². The molecule has 4 heteroatoms. The van der Waals surface area contributed by atoms with Crippen molar-refractivity contribution in [3.8, 4) is 6.07 Å². The van der Waals surface area contributed by atoms with Gasteiger partial charge in [-0.15, -0.1) is 0 Å². The van der Waals surface area contributed by atoms with E-state index in [2.05, 4.69) is 4.98 Å². The first-order chi connectivity index (χ1) is 8.72. The highest BCUT2D eigenvalue weighted by atomic mass is 16.1. The molecule has 18 heavy (non-hydrogen) atoms. The first kappa shape index (κ1) is 12.1. The third-order valence-electron chi connectivity index (χ3n) is 2.70. The minimum absolute atomic E-state index is 0.140. The summed E-state index contributed by atoms with van der Waals surface area (Å²) in [5.74, 6) is 0.140. The van der Waals surface area contributed by atoms with E-state index in [0.717, 1.165) is 11.1 Å². The van der Waals surface area contributed by atoms with Crippen LogP contribution in [0.15, 0.2) is 36.8 Å². The van der Waals surface area contributed by atoms with Gasteiger partial charge in [-0.1, -0.05) is 6.92 Å². The largest absolute Gasteiger partial charge is 0.349 e. The zero-order valence-electron chi connectivity index (χ0n) is 10.1. The number of hydrogen-bond acceptors (Lipinski definition) is 3. The molecule has 0 aliphatic rings. The Balaban J connectivity index is 2.16. The quantitative estimate of drug-likeness (QED) is 0.770. The standard InChI is InChI=1S/C14H13N3O/c1-2-14(18)12-4-6-17(10-12)9-11-3-5-16-13(7-11)8-15/h3-7,10H,2,9H2,1H3. The SMILES string of the molecule is CCC(=O)c1ccn(Cc2ccnc(C#N)c2)c1. The van der Waals surface area contributed by atoms with Gasteiger partial charge in [-0.2, -0.15) is 5.26 Å². The average Bonchev–Trinajstić information content (AvgIpc) is 2.86. The van der Waals surface area contributed by atoms with Gasteiger partial charge in [0, 0.05) is 37.1 Å². The molecule has 2 heterocycles. The van der Waals surface area contributed by atoms with Crippen molar-refractivity contribution in [2.45, 2.75) is 19.9 Å². The molecule has 0 saturated carbocycles. The molecular weight excluding hydrogens is 226 g/mol. The molecular formula is C14H13N3O. The summed E-state index contributed by atoms with van der Waals surface area (Å²) in [6.45, 7) is 2.48. The zero-order valence-corrected chi connectivity index (χ0v) is 10.1. The molecule has 4 nitrogen and oxygen atoms in total. The topological polar surface area (TPSA) is 58.7 Å². The number of ketones is 1. The molecule has 2 aromatic rings. The van der Waals surface area contributed by atoms with Crippen molar-refractivity contribution < 1.29 is 4.79 Å². The van der Waals surface area contributed by atoms with Gasteiger partial charge in [0.25, 0.3) is 0 Å². The molecule has 0 fully saturated rings. The predicted molar refractivity (Wildman–Crippen MR) is 67.1 cm³/mol. The lowest BCUT2D eigenvalue weighted by Gasteiger charge is -2.02. The highest BCUT2D eigenvalue weighted by molar-refractivity contribution is 5.95. The Morgan fingerprint density at radius 2 is 2.33 bits per heavy atom. The lowest BCUT2D eigenvalue weighted by Crippen LogP contribution is -1.99. The molecule has 0 bridgehead atoms. The van der Waals surface area contributed by atoms with E-state index < -0.39 is 0 Å². The second-order valence-corrected chi connectivity index (χ2v) is 4.01.